The van der Waals surface area contributed by atoms with Crippen molar-refractivity contribution in [3.8, 4) is 11.4 Å². The van der Waals surface area contributed by atoms with E-state index in [2.05, 4.69) is 79.3 Å². The van der Waals surface area contributed by atoms with Crippen LogP contribution in [0, 0.1) is 0 Å². The Kier molecular flexibility index (Phi) is 6.80. The van der Waals surface area contributed by atoms with Gasteiger partial charge in [0, 0.05) is 22.3 Å². The highest BCUT2D eigenvalue weighted by Gasteiger charge is 2.22. The molecular formula is C27H32ClN5O. The highest BCUT2D eigenvalue weighted by atomic mass is 35.5. The monoisotopic (exact) mass is 477 g/mol. The standard InChI is InChI=1S/C27H32ClN5O/c1-6-27(5,7-2)19-13-11-18(12-14-19)25-31-26-30-20(15-23(34)33(26)32-25)16-29-22-10-8-9-21(28)24(22)17(3)4/h8-15,17,29H,6-7,16H2,1-5H3,(H,30,31,32). The minimum atomic E-state index is -0.197. The van der Waals surface area contributed by atoms with Gasteiger partial charge < -0.3 is 5.32 Å². The molecule has 2 N–H and O–H groups in total. The van der Waals surface area contributed by atoms with Crippen LogP contribution in [0.4, 0.5) is 5.69 Å². The fourth-order valence-corrected chi connectivity index (χ4v) is 4.69. The summed E-state index contributed by atoms with van der Waals surface area (Å²) < 4.78 is 1.38. The largest absolute Gasteiger partial charge is 0.379 e. The minimum absolute atomic E-state index is 0.158. The van der Waals surface area contributed by atoms with Crippen molar-refractivity contribution in [2.45, 2.75) is 65.3 Å². The van der Waals surface area contributed by atoms with Crippen molar-refractivity contribution in [1.29, 1.82) is 0 Å². The van der Waals surface area contributed by atoms with E-state index in [1.807, 2.05) is 18.2 Å². The van der Waals surface area contributed by atoms with Gasteiger partial charge in [0.25, 0.3) is 11.3 Å². The summed E-state index contributed by atoms with van der Waals surface area (Å²) in [5.74, 6) is 1.24. The van der Waals surface area contributed by atoms with Crippen molar-refractivity contribution in [2.75, 3.05) is 5.32 Å². The Morgan fingerprint density at radius 1 is 1.09 bits per heavy atom. The van der Waals surface area contributed by atoms with Crippen LogP contribution >= 0.6 is 11.6 Å². The van der Waals surface area contributed by atoms with Gasteiger partial charge >= 0.3 is 0 Å². The number of rotatable bonds is 8. The lowest BCUT2D eigenvalue weighted by Crippen LogP contribution is -2.19. The number of hydrogen-bond acceptors (Lipinski definition) is 4. The fourth-order valence-electron chi connectivity index (χ4n) is 4.30. The highest BCUT2D eigenvalue weighted by molar-refractivity contribution is 6.31. The summed E-state index contributed by atoms with van der Waals surface area (Å²) in [6.45, 7) is 11.3. The zero-order valence-electron chi connectivity index (χ0n) is 20.4. The normalized spacial score (nSPS) is 12.0. The van der Waals surface area contributed by atoms with Gasteiger partial charge in [-0.05, 0) is 47.4 Å². The molecule has 2 heterocycles. The van der Waals surface area contributed by atoms with Crippen LogP contribution in [-0.4, -0.2) is 19.6 Å². The van der Waals surface area contributed by atoms with Gasteiger partial charge in [-0.2, -0.15) is 9.50 Å². The summed E-state index contributed by atoms with van der Waals surface area (Å²) in [5.41, 5.74) is 4.80. The Balaban J connectivity index is 1.60. The van der Waals surface area contributed by atoms with Gasteiger partial charge in [-0.15, -0.1) is 0 Å². The van der Waals surface area contributed by atoms with Crippen LogP contribution in [0.3, 0.4) is 0 Å². The molecule has 0 aliphatic rings. The van der Waals surface area contributed by atoms with Crippen LogP contribution in [0.5, 0.6) is 0 Å². The second-order valence-electron chi connectivity index (χ2n) is 9.35. The summed E-state index contributed by atoms with van der Waals surface area (Å²) in [5, 5.41) is 7.20. The topological polar surface area (TPSA) is 75.1 Å². The molecule has 0 aliphatic carbocycles. The second kappa shape index (κ2) is 9.63. The molecule has 2 aromatic heterocycles. The number of nitrogens with zero attached hydrogens (tertiary/aromatic N) is 3. The predicted octanol–water partition coefficient (Wildman–Crippen LogP) is 6.55. The minimum Gasteiger partial charge on any atom is -0.379 e. The maximum absolute atomic E-state index is 12.8. The van der Waals surface area contributed by atoms with E-state index in [1.165, 1.54) is 16.1 Å². The summed E-state index contributed by atoms with van der Waals surface area (Å²) in [6.07, 6.45) is 2.16. The summed E-state index contributed by atoms with van der Waals surface area (Å²) in [4.78, 5) is 22.0. The van der Waals surface area contributed by atoms with Gasteiger partial charge in [-0.25, -0.2) is 4.98 Å². The van der Waals surface area contributed by atoms with Crippen LogP contribution in [0.1, 0.15) is 70.2 Å². The Bertz CT molecular complexity index is 1350. The molecule has 4 aromatic rings. The lowest BCUT2D eigenvalue weighted by atomic mass is 9.78. The zero-order chi connectivity index (χ0) is 24.5. The average Bonchev–Trinajstić information content (AvgIpc) is 3.27. The number of halogens is 1. The van der Waals surface area contributed by atoms with E-state index in [-0.39, 0.29) is 16.9 Å². The molecule has 4 rings (SSSR count). The van der Waals surface area contributed by atoms with Gasteiger partial charge in [0.1, 0.15) is 0 Å². The third-order valence-electron chi connectivity index (χ3n) is 6.89. The second-order valence-corrected chi connectivity index (χ2v) is 9.75. The first-order chi connectivity index (χ1) is 16.3. The average molecular weight is 478 g/mol. The van der Waals surface area contributed by atoms with E-state index in [0.29, 0.717) is 23.8 Å². The van der Waals surface area contributed by atoms with E-state index in [1.54, 1.807) is 0 Å². The van der Waals surface area contributed by atoms with Crippen molar-refractivity contribution in [3.05, 3.63) is 80.7 Å². The first kappa shape index (κ1) is 24.0. The van der Waals surface area contributed by atoms with Crippen molar-refractivity contribution >= 4 is 23.1 Å². The fraction of sp³-hybridized carbons (Fsp3) is 0.370. The molecule has 0 fully saturated rings. The molecule has 7 heteroatoms. The van der Waals surface area contributed by atoms with Crippen molar-refractivity contribution in [3.63, 3.8) is 0 Å². The van der Waals surface area contributed by atoms with Crippen molar-refractivity contribution in [2.24, 2.45) is 0 Å². The van der Waals surface area contributed by atoms with E-state index < -0.39 is 0 Å². The van der Waals surface area contributed by atoms with Crippen LogP contribution in [-0.2, 0) is 12.0 Å². The molecule has 0 amide bonds. The molecule has 6 nitrogen and oxygen atoms in total. The Labute approximate surface area is 205 Å². The number of hydrogen-bond donors (Lipinski definition) is 2. The number of nitrogens with one attached hydrogen (secondary N) is 2. The van der Waals surface area contributed by atoms with E-state index in [4.69, 9.17) is 11.6 Å². The van der Waals surface area contributed by atoms with Crippen LogP contribution in [0.15, 0.2) is 53.3 Å². The van der Waals surface area contributed by atoms with Gasteiger partial charge in [0.15, 0.2) is 5.82 Å². The number of aromatic nitrogens is 4. The number of aromatic amines is 1. The molecule has 0 saturated heterocycles. The van der Waals surface area contributed by atoms with Crippen molar-refractivity contribution in [1.82, 2.24) is 19.6 Å². The molecule has 0 saturated carbocycles. The first-order valence-electron chi connectivity index (χ1n) is 11.9. The van der Waals surface area contributed by atoms with Crippen LogP contribution in [0.25, 0.3) is 17.2 Å². The van der Waals surface area contributed by atoms with E-state index >= 15 is 0 Å². The molecular weight excluding hydrogens is 446 g/mol. The maximum Gasteiger partial charge on any atom is 0.274 e. The number of H-pyrrole nitrogens is 1. The number of fused-ring (bicyclic) bond motifs is 1. The van der Waals surface area contributed by atoms with Gasteiger partial charge in [-0.3, -0.25) is 9.89 Å². The summed E-state index contributed by atoms with van der Waals surface area (Å²) in [7, 11) is 0. The molecule has 0 unspecified atom stereocenters. The van der Waals surface area contributed by atoms with Crippen LogP contribution < -0.4 is 10.9 Å². The molecule has 34 heavy (non-hydrogen) atoms. The van der Waals surface area contributed by atoms with Gasteiger partial charge in [-0.1, -0.05) is 76.6 Å². The molecule has 178 valence electrons. The molecule has 2 aromatic carbocycles. The first-order valence-corrected chi connectivity index (χ1v) is 12.3. The maximum atomic E-state index is 12.8. The van der Waals surface area contributed by atoms with Crippen molar-refractivity contribution < 1.29 is 0 Å². The summed E-state index contributed by atoms with van der Waals surface area (Å²) >= 11 is 6.40. The Morgan fingerprint density at radius 2 is 1.79 bits per heavy atom. The predicted molar refractivity (Wildman–Crippen MR) is 140 cm³/mol. The van der Waals surface area contributed by atoms with Gasteiger partial charge in [0.05, 0.1) is 12.2 Å². The SMILES string of the molecule is CCC(C)(CC)c1ccc(-c2nc3nc(CNc4cccc(Cl)c4C(C)C)cc(=O)n3[nH]2)cc1. The Morgan fingerprint density at radius 3 is 2.44 bits per heavy atom. The lowest BCUT2D eigenvalue weighted by Gasteiger charge is -2.27. The zero-order valence-corrected chi connectivity index (χ0v) is 21.2. The van der Waals surface area contributed by atoms with Crippen LogP contribution in [0.2, 0.25) is 5.02 Å². The molecule has 0 radical (unpaired) electrons. The van der Waals surface area contributed by atoms with E-state index in [0.717, 1.165) is 34.7 Å². The molecule has 0 aliphatic heterocycles. The van der Waals surface area contributed by atoms with E-state index in [9.17, 15) is 4.79 Å². The molecule has 0 spiro atoms. The quantitative estimate of drug-likeness (QED) is 0.301. The smallest absolute Gasteiger partial charge is 0.274 e. The highest BCUT2D eigenvalue weighted by Crippen LogP contribution is 2.33. The lowest BCUT2D eigenvalue weighted by molar-refractivity contribution is 0.439. The van der Waals surface area contributed by atoms with Gasteiger partial charge in [0.2, 0.25) is 0 Å². The third-order valence-corrected chi connectivity index (χ3v) is 7.22. The third kappa shape index (κ3) is 4.60. The molecule has 0 bridgehead atoms. The number of benzene rings is 2. The Hall–Kier alpha value is -3.12. The number of anilines is 1. The summed E-state index contributed by atoms with van der Waals surface area (Å²) in [6, 6.07) is 15.7. The molecule has 0 atom stereocenters.